The molecule has 0 bridgehead atoms. The Labute approximate surface area is 122 Å². The van der Waals surface area contributed by atoms with Crippen molar-refractivity contribution >= 4 is 5.69 Å². The molecule has 0 radical (unpaired) electrons. The van der Waals surface area contributed by atoms with Crippen LogP contribution in [0, 0.1) is 6.92 Å². The lowest BCUT2D eigenvalue weighted by atomic mass is 10.1. The number of aromatic nitrogens is 5. The molecular weight excluding hydrogens is 264 g/mol. The van der Waals surface area contributed by atoms with Gasteiger partial charge in [-0.15, -0.1) is 5.10 Å². The Morgan fingerprint density at radius 3 is 2.86 bits per heavy atom. The normalized spacial score (nSPS) is 12.1. The highest BCUT2D eigenvalue weighted by molar-refractivity contribution is 5.55. The smallest absolute Gasteiger partial charge is 0.143 e. The van der Waals surface area contributed by atoms with Crippen molar-refractivity contribution in [2.75, 3.05) is 5.32 Å². The predicted octanol–water partition coefficient (Wildman–Crippen LogP) is 2.54. The Balaban J connectivity index is 1.85. The lowest BCUT2D eigenvalue weighted by molar-refractivity contribution is 0.784. The van der Waals surface area contributed by atoms with E-state index >= 15 is 0 Å². The van der Waals surface area contributed by atoms with Crippen molar-refractivity contribution in [2.45, 2.75) is 19.9 Å². The van der Waals surface area contributed by atoms with Gasteiger partial charge in [0.1, 0.15) is 6.33 Å². The maximum atomic E-state index is 4.15. The average molecular weight is 280 g/mol. The van der Waals surface area contributed by atoms with E-state index in [2.05, 4.69) is 50.9 Å². The number of tetrazole rings is 1. The number of hydrogen-bond acceptors (Lipinski definition) is 5. The summed E-state index contributed by atoms with van der Waals surface area (Å²) in [6, 6.07) is 10.3. The van der Waals surface area contributed by atoms with Gasteiger partial charge in [0, 0.05) is 18.1 Å². The molecule has 1 aromatic carbocycles. The van der Waals surface area contributed by atoms with Crippen molar-refractivity contribution < 1.29 is 0 Å². The largest absolute Gasteiger partial charge is 0.378 e. The summed E-state index contributed by atoms with van der Waals surface area (Å²) in [5, 5.41) is 14.8. The minimum atomic E-state index is 0.170. The topological polar surface area (TPSA) is 68.5 Å². The zero-order valence-electron chi connectivity index (χ0n) is 11.9. The number of rotatable bonds is 4. The molecule has 0 aliphatic rings. The molecule has 21 heavy (non-hydrogen) atoms. The maximum Gasteiger partial charge on any atom is 0.143 e. The van der Waals surface area contributed by atoms with Gasteiger partial charge in [0.05, 0.1) is 11.7 Å². The Morgan fingerprint density at radius 2 is 2.14 bits per heavy atom. The molecule has 0 saturated carbocycles. The molecule has 3 rings (SSSR count). The van der Waals surface area contributed by atoms with Crippen molar-refractivity contribution in [2.24, 2.45) is 0 Å². The van der Waals surface area contributed by atoms with E-state index in [1.54, 1.807) is 17.2 Å². The molecule has 1 N–H and O–H groups in total. The van der Waals surface area contributed by atoms with Gasteiger partial charge in [-0.25, -0.2) is 4.68 Å². The number of aryl methyl sites for hydroxylation is 1. The number of benzene rings is 1. The number of nitrogens with zero attached hydrogens (tertiary/aromatic N) is 5. The van der Waals surface area contributed by atoms with E-state index < -0.39 is 0 Å². The molecule has 3 aromatic rings. The quantitative estimate of drug-likeness (QED) is 0.795. The van der Waals surface area contributed by atoms with Crippen molar-refractivity contribution in [3.8, 4) is 5.69 Å². The molecular formula is C15H16N6. The molecule has 2 aromatic heterocycles. The van der Waals surface area contributed by atoms with Crippen LogP contribution in [0.25, 0.3) is 5.69 Å². The molecule has 2 heterocycles. The molecule has 0 aliphatic carbocycles. The molecule has 0 amide bonds. The zero-order valence-corrected chi connectivity index (χ0v) is 11.9. The van der Waals surface area contributed by atoms with Gasteiger partial charge < -0.3 is 5.32 Å². The van der Waals surface area contributed by atoms with Crippen LogP contribution in [0.3, 0.4) is 0 Å². The molecule has 6 heteroatoms. The summed E-state index contributed by atoms with van der Waals surface area (Å²) in [6.07, 6.45) is 5.24. The highest BCUT2D eigenvalue weighted by Gasteiger charge is 2.08. The van der Waals surface area contributed by atoms with Crippen LogP contribution in [0.4, 0.5) is 5.69 Å². The number of pyridine rings is 1. The van der Waals surface area contributed by atoms with Crippen LogP contribution in [0.15, 0.2) is 49.1 Å². The molecule has 0 aliphatic heterocycles. The van der Waals surface area contributed by atoms with E-state index in [9.17, 15) is 0 Å². The molecule has 106 valence electrons. The first-order chi connectivity index (χ1) is 10.2. The van der Waals surface area contributed by atoms with Gasteiger partial charge in [0.15, 0.2) is 0 Å². The first-order valence-corrected chi connectivity index (χ1v) is 6.74. The van der Waals surface area contributed by atoms with Crippen LogP contribution in [-0.4, -0.2) is 25.2 Å². The van der Waals surface area contributed by atoms with E-state index in [1.165, 1.54) is 0 Å². The lowest BCUT2D eigenvalue weighted by Crippen LogP contribution is -2.08. The SMILES string of the molecule is Cc1ccc(NC(C)c2cccnc2)cc1-n1cnnn1. The van der Waals surface area contributed by atoms with Gasteiger partial charge in [0.25, 0.3) is 0 Å². The van der Waals surface area contributed by atoms with Crippen LogP contribution in [0.1, 0.15) is 24.1 Å². The van der Waals surface area contributed by atoms with Crippen LogP contribution in [0.2, 0.25) is 0 Å². The molecule has 0 spiro atoms. The summed E-state index contributed by atoms with van der Waals surface area (Å²) >= 11 is 0. The summed E-state index contributed by atoms with van der Waals surface area (Å²) in [5.41, 5.74) is 4.23. The van der Waals surface area contributed by atoms with Crippen LogP contribution >= 0.6 is 0 Å². The van der Waals surface area contributed by atoms with Gasteiger partial charge >= 0.3 is 0 Å². The van der Waals surface area contributed by atoms with Crippen LogP contribution in [0.5, 0.6) is 0 Å². The third-order valence-electron chi connectivity index (χ3n) is 3.37. The Morgan fingerprint density at radius 1 is 1.24 bits per heavy atom. The fraction of sp³-hybridized carbons (Fsp3) is 0.200. The first-order valence-electron chi connectivity index (χ1n) is 6.74. The summed E-state index contributed by atoms with van der Waals surface area (Å²) in [4.78, 5) is 4.15. The van der Waals surface area contributed by atoms with E-state index in [-0.39, 0.29) is 6.04 Å². The summed E-state index contributed by atoms with van der Waals surface area (Å²) in [5.74, 6) is 0. The van der Waals surface area contributed by atoms with E-state index in [0.717, 1.165) is 22.5 Å². The first kappa shape index (κ1) is 13.2. The molecule has 0 saturated heterocycles. The number of hydrogen-bond donors (Lipinski definition) is 1. The van der Waals surface area contributed by atoms with Crippen molar-refractivity contribution in [3.63, 3.8) is 0 Å². The standard InChI is InChI=1S/C15H16N6/c1-11-5-6-14(8-15(11)21-10-17-19-20-21)18-12(2)13-4-3-7-16-9-13/h3-10,12,18H,1-2H3. The second-order valence-corrected chi connectivity index (χ2v) is 4.91. The lowest BCUT2D eigenvalue weighted by Gasteiger charge is -2.16. The molecule has 6 nitrogen and oxygen atoms in total. The molecule has 1 atom stereocenters. The van der Waals surface area contributed by atoms with E-state index in [4.69, 9.17) is 0 Å². The van der Waals surface area contributed by atoms with Crippen LogP contribution in [-0.2, 0) is 0 Å². The van der Waals surface area contributed by atoms with Crippen LogP contribution < -0.4 is 5.32 Å². The highest BCUT2D eigenvalue weighted by Crippen LogP contribution is 2.22. The second kappa shape index (κ2) is 5.70. The Hall–Kier alpha value is -2.76. The summed E-state index contributed by atoms with van der Waals surface area (Å²) < 4.78 is 1.66. The summed E-state index contributed by atoms with van der Waals surface area (Å²) in [7, 11) is 0. The fourth-order valence-corrected chi connectivity index (χ4v) is 2.18. The van der Waals surface area contributed by atoms with Gasteiger partial charge in [-0.2, -0.15) is 0 Å². The highest BCUT2D eigenvalue weighted by atomic mass is 15.5. The van der Waals surface area contributed by atoms with Crippen molar-refractivity contribution in [1.82, 2.24) is 25.2 Å². The fourth-order valence-electron chi connectivity index (χ4n) is 2.18. The summed E-state index contributed by atoms with van der Waals surface area (Å²) in [6.45, 7) is 4.14. The average Bonchev–Trinajstić information content (AvgIpc) is 3.04. The zero-order chi connectivity index (χ0) is 14.7. The molecule has 1 unspecified atom stereocenters. The Bertz CT molecular complexity index is 708. The Kier molecular flexibility index (Phi) is 3.59. The second-order valence-electron chi connectivity index (χ2n) is 4.91. The van der Waals surface area contributed by atoms with E-state index in [1.807, 2.05) is 25.3 Å². The van der Waals surface area contributed by atoms with Gasteiger partial charge in [-0.1, -0.05) is 12.1 Å². The third kappa shape index (κ3) is 2.89. The van der Waals surface area contributed by atoms with Gasteiger partial charge in [-0.05, 0) is 53.6 Å². The molecule has 0 fully saturated rings. The van der Waals surface area contributed by atoms with Crippen molar-refractivity contribution in [3.05, 3.63) is 60.2 Å². The maximum absolute atomic E-state index is 4.15. The predicted molar refractivity (Wildman–Crippen MR) is 80.2 cm³/mol. The number of nitrogens with one attached hydrogen (secondary N) is 1. The monoisotopic (exact) mass is 280 g/mol. The minimum Gasteiger partial charge on any atom is -0.378 e. The number of anilines is 1. The van der Waals surface area contributed by atoms with E-state index in [0.29, 0.717) is 0 Å². The minimum absolute atomic E-state index is 0.170. The van der Waals surface area contributed by atoms with Gasteiger partial charge in [0.2, 0.25) is 0 Å². The third-order valence-corrected chi connectivity index (χ3v) is 3.37. The van der Waals surface area contributed by atoms with Gasteiger partial charge in [-0.3, -0.25) is 4.98 Å². The van der Waals surface area contributed by atoms with Crippen molar-refractivity contribution in [1.29, 1.82) is 0 Å².